The Morgan fingerprint density at radius 3 is 2.62 bits per heavy atom. The molecule has 37 heavy (non-hydrogen) atoms. The van der Waals surface area contributed by atoms with Gasteiger partial charge in [0.05, 0.1) is 37.1 Å². The molecule has 3 fully saturated rings. The normalized spacial score (nSPS) is 28.4. The first kappa shape index (κ1) is 25.7. The second-order valence-electron chi connectivity index (χ2n) is 10.4. The van der Waals surface area contributed by atoms with Crippen molar-refractivity contribution in [3.63, 3.8) is 0 Å². The van der Waals surface area contributed by atoms with Crippen LogP contribution in [0.1, 0.15) is 56.2 Å². The fourth-order valence-corrected chi connectivity index (χ4v) is 5.06. The van der Waals surface area contributed by atoms with E-state index in [1.807, 2.05) is 6.07 Å². The SMILES string of the molecule is CC1(C)O[C@@H]2C[C@@](OCc3ccccc3C#N)(C(=O)NC3CC3)CC(OCc3ccc(F)c(F)c3)[C@@H]2O1. The lowest BCUT2D eigenvalue weighted by Crippen LogP contribution is -2.60. The van der Waals surface area contributed by atoms with Crippen LogP contribution in [0, 0.1) is 23.0 Å². The highest BCUT2D eigenvalue weighted by atomic mass is 19.2. The van der Waals surface area contributed by atoms with Gasteiger partial charge in [-0.05, 0) is 56.0 Å². The van der Waals surface area contributed by atoms with Gasteiger partial charge < -0.3 is 24.3 Å². The fraction of sp³-hybridized carbons (Fsp3) is 0.500. The Balaban J connectivity index is 1.42. The van der Waals surface area contributed by atoms with Crippen molar-refractivity contribution in [2.45, 2.75) is 88.5 Å². The number of amides is 1. The highest BCUT2D eigenvalue weighted by Gasteiger charge is 2.58. The molecule has 7 nitrogen and oxygen atoms in total. The maximum absolute atomic E-state index is 13.8. The smallest absolute Gasteiger partial charge is 0.252 e. The van der Waals surface area contributed by atoms with Crippen LogP contribution in [0.25, 0.3) is 0 Å². The molecule has 1 saturated heterocycles. The molecule has 3 aliphatic rings. The van der Waals surface area contributed by atoms with Crippen LogP contribution in [0.15, 0.2) is 42.5 Å². The molecule has 2 aliphatic carbocycles. The Hall–Kier alpha value is -2.90. The molecule has 0 aromatic heterocycles. The Kier molecular flexibility index (Phi) is 7.03. The monoisotopic (exact) mass is 512 g/mol. The Labute approximate surface area is 214 Å². The standard InChI is InChI=1S/C28H30F2N2O5/c1-27(2)36-24-13-28(26(33)32-20-8-9-20,35-16-19-6-4-3-5-18(19)14-31)12-23(25(24)37-27)34-15-17-7-10-21(29)22(30)11-17/h3-7,10-11,20,23-25H,8-9,12-13,15-16H2,1-2H3,(H,32,33)/t23?,24-,25+,28-/m1/s1. The van der Waals surface area contributed by atoms with Crippen LogP contribution < -0.4 is 5.32 Å². The zero-order valence-corrected chi connectivity index (χ0v) is 20.8. The first-order valence-electron chi connectivity index (χ1n) is 12.5. The van der Waals surface area contributed by atoms with Gasteiger partial charge in [-0.2, -0.15) is 5.26 Å². The van der Waals surface area contributed by atoms with Crippen molar-refractivity contribution in [2.75, 3.05) is 0 Å². The van der Waals surface area contributed by atoms with E-state index >= 15 is 0 Å². The van der Waals surface area contributed by atoms with Crippen LogP contribution >= 0.6 is 0 Å². The number of fused-ring (bicyclic) bond motifs is 1. The number of rotatable bonds is 8. The van der Waals surface area contributed by atoms with E-state index in [0.717, 1.165) is 25.0 Å². The van der Waals surface area contributed by atoms with Crippen LogP contribution in [0.4, 0.5) is 8.78 Å². The van der Waals surface area contributed by atoms with Crippen molar-refractivity contribution in [3.8, 4) is 6.07 Å². The maximum Gasteiger partial charge on any atom is 0.252 e. The highest BCUT2D eigenvalue weighted by molar-refractivity contribution is 5.86. The molecule has 0 spiro atoms. The number of benzene rings is 2. The molecule has 0 radical (unpaired) electrons. The van der Waals surface area contributed by atoms with Gasteiger partial charge in [0.25, 0.3) is 5.91 Å². The van der Waals surface area contributed by atoms with Crippen LogP contribution in [0.2, 0.25) is 0 Å². The van der Waals surface area contributed by atoms with Crippen LogP contribution in [-0.2, 0) is 37.0 Å². The van der Waals surface area contributed by atoms with Crippen molar-refractivity contribution in [1.82, 2.24) is 5.32 Å². The van der Waals surface area contributed by atoms with E-state index in [0.29, 0.717) is 16.7 Å². The molecule has 1 amide bonds. The van der Waals surface area contributed by atoms with E-state index in [4.69, 9.17) is 18.9 Å². The molecule has 5 rings (SSSR count). The molecule has 0 bridgehead atoms. The van der Waals surface area contributed by atoms with Gasteiger partial charge in [0.15, 0.2) is 23.0 Å². The quantitative estimate of drug-likeness (QED) is 0.568. The molecule has 2 aromatic rings. The van der Waals surface area contributed by atoms with Crippen molar-refractivity contribution in [3.05, 3.63) is 70.8 Å². The molecular formula is C28H30F2N2O5. The van der Waals surface area contributed by atoms with Crippen molar-refractivity contribution < 1.29 is 32.5 Å². The Morgan fingerprint density at radius 2 is 1.89 bits per heavy atom. The summed E-state index contributed by atoms with van der Waals surface area (Å²) in [7, 11) is 0. The molecule has 1 N–H and O–H groups in total. The third-order valence-corrected chi connectivity index (χ3v) is 7.07. The molecule has 2 saturated carbocycles. The van der Waals surface area contributed by atoms with Crippen molar-refractivity contribution >= 4 is 5.91 Å². The van der Waals surface area contributed by atoms with E-state index in [-0.39, 0.29) is 38.0 Å². The summed E-state index contributed by atoms with van der Waals surface area (Å²) < 4.78 is 52.1. The lowest BCUT2D eigenvalue weighted by atomic mass is 9.78. The lowest BCUT2D eigenvalue weighted by molar-refractivity contribution is -0.183. The zero-order valence-electron chi connectivity index (χ0n) is 20.8. The number of carbonyl (C=O) groups is 1. The van der Waals surface area contributed by atoms with Crippen LogP contribution in [-0.4, -0.2) is 41.6 Å². The summed E-state index contributed by atoms with van der Waals surface area (Å²) in [6.07, 6.45) is 0.655. The molecule has 4 atom stereocenters. The van der Waals surface area contributed by atoms with Gasteiger partial charge in [-0.3, -0.25) is 4.79 Å². The minimum atomic E-state index is -1.30. The summed E-state index contributed by atoms with van der Waals surface area (Å²) in [6, 6.07) is 13.0. The number of hydrogen-bond donors (Lipinski definition) is 1. The van der Waals surface area contributed by atoms with E-state index in [1.54, 1.807) is 32.0 Å². The van der Waals surface area contributed by atoms with Crippen molar-refractivity contribution in [1.29, 1.82) is 5.26 Å². The minimum absolute atomic E-state index is 0.00748. The van der Waals surface area contributed by atoms with E-state index in [9.17, 15) is 18.8 Å². The molecule has 1 heterocycles. The average Bonchev–Trinajstić information content (AvgIpc) is 3.63. The summed E-state index contributed by atoms with van der Waals surface area (Å²) >= 11 is 0. The van der Waals surface area contributed by atoms with Gasteiger partial charge in [-0.1, -0.05) is 24.3 Å². The molecule has 1 aliphatic heterocycles. The van der Waals surface area contributed by atoms with Crippen LogP contribution in [0.5, 0.6) is 0 Å². The predicted molar refractivity (Wildman–Crippen MR) is 128 cm³/mol. The third kappa shape index (κ3) is 5.68. The van der Waals surface area contributed by atoms with Gasteiger partial charge in [-0.25, -0.2) is 8.78 Å². The minimum Gasteiger partial charge on any atom is -0.371 e. The van der Waals surface area contributed by atoms with E-state index < -0.39 is 41.3 Å². The molecule has 9 heteroatoms. The number of nitriles is 1. The van der Waals surface area contributed by atoms with E-state index in [1.165, 1.54) is 6.07 Å². The van der Waals surface area contributed by atoms with Gasteiger partial charge in [0.2, 0.25) is 0 Å². The van der Waals surface area contributed by atoms with Gasteiger partial charge in [-0.15, -0.1) is 0 Å². The summed E-state index contributed by atoms with van der Waals surface area (Å²) in [4.78, 5) is 13.7. The second kappa shape index (κ2) is 10.1. The zero-order chi connectivity index (χ0) is 26.2. The van der Waals surface area contributed by atoms with E-state index in [2.05, 4.69) is 11.4 Å². The fourth-order valence-electron chi connectivity index (χ4n) is 5.06. The number of ether oxygens (including phenoxy) is 4. The lowest BCUT2D eigenvalue weighted by Gasteiger charge is -2.43. The first-order valence-corrected chi connectivity index (χ1v) is 12.5. The number of carbonyl (C=O) groups excluding carboxylic acids is 1. The maximum atomic E-state index is 13.8. The van der Waals surface area contributed by atoms with Gasteiger partial charge in [0.1, 0.15) is 6.10 Å². The Morgan fingerprint density at radius 1 is 1.11 bits per heavy atom. The number of nitrogens with one attached hydrogen (secondary N) is 1. The molecule has 196 valence electrons. The summed E-state index contributed by atoms with van der Waals surface area (Å²) in [5.74, 6) is -3.04. The molecule has 2 aromatic carbocycles. The number of nitrogens with zero attached hydrogens (tertiary/aromatic N) is 1. The molecule has 1 unspecified atom stereocenters. The number of hydrogen-bond acceptors (Lipinski definition) is 6. The average molecular weight is 513 g/mol. The summed E-state index contributed by atoms with van der Waals surface area (Å²) in [5.41, 5.74) is 0.307. The number of halogens is 2. The summed E-state index contributed by atoms with van der Waals surface area (Å²) in [5, 5.41) is 12.6. The predicted octanol–water partition coefficient (Wildman–Crippen LogP) is 4.27. The van der Waals surface area contributed by atoms with Gasteiger partial charge in [0, 0.05) is 18.9 Å². The third-order valence-electron chi connectivity index (χ3n) is 7.07. The Bertz CT molecular complexity index is 1210. The summed E-state index contributed by atoms with van der Waals surface area (Å²) in [6.45, 7) is 3.65. The topological polar surface area (TPSA) is 89.8 Å². The second-order valence-corrected chi connectivity index (χ2v) is 10.4. The largest absolute Gasteiger partial charge is 0.371 e. The highest BCUT2D eigenvalue weighted by Crippen LogP contribution is 2.44. The van der Waals surface area contributed by atoms with Gasteiger partial charge >= 0.3 is 0 Å². The van der Waals surface area contributed by atoms with Crippen molar-refractivity contribution in [2.24, 2.45) is 0 Å². The van der Waals surface area contributed by atoms with Crippen LogP contribution in [0.3, 0.4) is 0 Å². The first-order chi connectivity index (χ1) is 17.7. The molecular weight excluding hydrogens is 482 g/mol.